The number of piperidine rings is 1. The van der Waals surface area contributed by atoms with Crippen LogP contribution in [0.2, 0.25) is 0 Å². The summed E-state index contributed by atoms with van der Waals surface area (Å²) in [7, 11) is 1.44. The van der Waals surface area contributed by atoms with Crippen molar-refractivity contribution in [3.63, 3.8) is 0 Å². The van der Waals surface area contributed by atoms with Gasteiger partial charge in [0.2, 0.25) is 0 Å². The first-order valence-electron chi connectivity index (χ1n) is 4.68. The Balaban J connectivity index is 2.01. The highest BCUT2D eigenvalue weighted by atomic mass is 32.2. The molecular weight excluding hydrogens is 186 g/mol. The van der Waals surface area contributed by atoms with E-state index in [9.17, 15) is 4.79 Å². The van der Waals surface area contributed by atoms with Crippen LogP contribution < -0.4 is 5.32 Å². The van der Waals surface area contributed by atoms with Crippen LogP contribution in [0, 0.1) is 5.92 Å². The average molecular weight is 203 g/mol. The molecule has 0 aromatic heterocycles. The molecule has 1 heterocycles. The molecule has 1 aliphatic heterocycles. The van der Waals surface area contributed by atoms with Gasteiger partial charge in [-0.15, -0.1) is 11.8 Å². The summed E-state index contributed by atoms with van der Waals surface area (Å²) in [5.41, 5.74) is 0. The van der Waals surface area contributed by atoms with Gasteiger partial charge in [0.15, 0.2) is 0 Å². The molecule has 0 spiro atoms. The molecule has 3 nitrogen and oxygen atoms in total. The number of esters is 1. The Hall–Kier alpha value is -0.220. The van der Waals surface area contributed by atoms with Crippen LogP contribution in [0.1, 0.15) is 12.8 Å². The molecule has 0 bridgehead atoms. The SMILES string of the molecule is COC(=O)CSCC1CCNCC1. The van der Waals surface area contributed by atoms with Crippen molar-refractivity contribution in [3.05, 3.63) is 0 Å². The molecule has 0 aliphatic carbocycles. The fraction of sp³-hybridized carbons (Fsp3) is 0.889. The monoisotopic (exact) mass is 203 g/mol. The number of hydrogen-bond donors (Lipinski definition) is 1. The van der Waals surface area contributed by atoms with Crippen molar-refractivity contribution in [1.29, 1.82) is 0 Å². The highest BCUT2D eigenvalue weighted by Gasteiger charge is 2.13. The quantitative estimate of drug-likeness (QED) is 0.689. The third-order valence-corrected chi connectivity index (χ3v) is 3.41. The Morgan fingerprint density at radius 2 is 2.23 bits per heavy atom. The van der Waals surface area contributed by atoms with Gasteiger partial charge in [-0.1, -0.05) is 0 Å². The third-order valence-electron chi connectivity index (χ3n) is 2.26. The minimum atomic E-state index is -0.112. The standard InChI is InChI=1S/C9H17NO2S/c1-12-9(11)7-13-6-8-2-4-10-5-3-8/h8,10H,2-7H2,1H3. The van der Waals surface area contributed by atoms with Gasteiger partial charge in [0.25, 0.3) is 0 Å². The van der Waals surface area contributed by atoms with E-state index in [0.717, 1.165) is 24.8 Å². The third kappa shape index (κ3) is 4.52. The summed E-state index contributed by atoms with van der Waals surface area (Å²) in [5, 5.41) is 3.32. The second-order valence-electron chi connectivity index (χ2n) is 3.28. The maximum atomic E-state index is 10.8. The fourth-order valence-corrected chi connectivity index (χ4v) is 2.49. The Morgan fingerprint density at radius 3 is 2.85 bits per heavy atom. The van der Waals surface area contributed by atoms with Gasteiger partial charge in [-0.25, -0.2) is 0 Å². The van der Waals surface area contributed by atoms with Gasteiger partial charge in [0.05, 0.1) is 12.9 Å². The lowest BCUT2D eigenvalue weighted by molar-refractivity contribution is -0.137. The van der Waals surface area contributed by atoms with Gasteiger partial charge in [-0.05, 0) is 37.6 Å². The van der Waals surface area contributed by atoms with E-state index in [1.54, 1.807) is 11.8 Å². The summed E-state index contributed by atoms with van der Waals surface area (Å²) in [6.07, 6.45) is 2.49. The second-order valence-corrected chi connectivity index (χ2v) is 4.31. The van der Waals surface area contributed by atoms with E-state index in [2.05, 4.69) is 10.1 Å². The smallest absolute Gasteiger partial charge is 0.315 e. The van der Waals surface area contributed by atoms with E-state index < -0.39 is 0 Å². The van der Waals surface area contributed by atoms with Crippen molar-refractivity contribution in [3.8, 4) is 0 Å². The summed E-state index contributed by atoms with van der Waals surface area (Å²) in [6, 6.07) is 0. The number of thioether (sulfide) groups is 1. The van der Waals surface area contributed by atoms with Crippen molar-refractivity contribution in [2.75, 3.05) is 31.7 Å². The lowest BCUT2D eigenvalue weighted by atomic mass is 10.0. The van der Waals surface area contributed by atoms with Crippen molar-refractivity contribution in [2.24, 2.45) is 5.92 Å². The summed E-state index contributed by atoms with van der Waals surface area (Å²) in [5.74, 6) is 2.27. The molecular formula is C9H17NO2S. The number of carbonyl (C=O) groups is 1. The lowest BCUT2D eigenvalue weighted by Crippen LogP contribution is -2.28. The highest BCUT2D eigenvalue weighted by molar-refractivity contribution is 7.99. The van der Waals surface area contributed by atoms with Crippen LogP contribution in [0.5, 0.6) is 0 Å². The molecule has 1 fully saturated rings. The molecule has 1 N–H and O–H groups in total. The molecule has 0 aromatic rings. The first-order chi connectivity index (χ1) is 6.33. The lowest BCUT2D eigenvalue weighted by Gasteiger charge is -2.21. The van der Waals surface area contributed by atoms with Crippen LogP contribution in [-0.2, 0) is 9.53 Å². The molecule has 0 radical (unpaired) electrons. The van der Waals surface area contributed by atoms with E-state index in [-0.39, 0.29) is 5.97 Å². The maximum Gasteiger partial charge on any atom is 0.315 e. The molecule has 76 valence electrons. The highest BCUT2D eigenvalue weighted by Crippen LogP contribution is 2.17. The summed E-state index contributed by atoms with van der Waals surface area (Å²) < 4.78 is 4.57. The molecule has 1 aliphatic rings. The van der Waals surface area contributed by atoms with Crippen molar-refractivity contribution in [2.45, 2.75) is 12.8 Å². The molecule has 0 atom stereocenters. The second kappa shape index (κ2) is 6.27. The molecule has 1 saturated heterocycles. The normalized spacial score (nSPS) is 18.5. The maximum absolute atomic E-state index is 10.8. The van der Waals surface area contributed by atoms with E-state index in [1.807, 2.05) is 0 Å². The largest absolute Gasteiger partial charge is 0.468 e. The zero-order chi connectivity index (χ0) is 9.52. The number of nitrogens with one attached hydrogen (secondary N) is 1. The molecule has 0 aromatic carbocycles. The summed E-state index contributed by atoms with van der Waals surface area (Å²) in [4.78, 5) is 10.8. The van der Waals surface area contributed by atoms with Crippen LogP contribution in [0.3, 0.4) is 0 Å². The molecule has 4 heteroatoms. The zero-order valence-electron chi connectivity index (χ0n) is 8.04. The number of rotatable bonds is 4. The van der Waals surface area contributed by atoms with Crippen LogP contribution in [-0.4, -0.2) is 37.7 Å². The van der Waals surface area contributed by atoms with E-state index >= 15 is 0 Å². The Morgan fingerprint density at radius 1 is 1.54 bits per heavy atom. The Labute approximate surface area is 83.6 Å². The van der Waals surface area contributed by atoms with Crippen molar-refractivity contribution < 1.29 is 9.53 Å². The van der Waals surface area contributed by atoms with Crippen molar-refractivity contribution >= 4 is 17.7 Å². The van der Waals surface area contributed by atoms with Crippen LogP contribution in [0.25, 0.3) is 0 Å². The predicted octanol–water partition coefficient (Wildman–Crippen LogP) is 0.892. The topological polar surface area (TPSA) is 38.3 Å². The van der Waals surface area contributed by atoms with E-state index in [0.29, 0.717) is 5.75 Å². The molecule has 0 unspecified atom stereocenters. The fourth-order valence-electron chi connectivity index (χ4n) is 1.42. The van der Waals surface area contributed by atoms with Gasteiger partial charge < -0.3 is 10.1 Å². The number of ether oxygens (including phenoxy) is 1. The first kappa shape index (κ1) is 10.9. The van der Waals surface area contributed by atoms with Crippen LogP contribution in [0.15, 0.2) is 0 Å². The minimum Gasteiger partial charge on any atom is -0.468 e. The van der Waals surface area contributed by atoms with Gasteiger partial charge in [0, 0.05) is 0 Å². The molecule has 1 rings (SSSR count). The van der Waals surface area contributed by atoms with Gasteiger partial charge in [0.1, 0.15) is 0 Å². The van der Waals surface area contributed by atoms with Gasteiger partial charge >= 0.3 is 5.97 Å². The average Bonchev–Trinajstić information content (AvgIpc) is 2.19. The summed E-state index contributed by atoms with van der Waals surface area (Å²) >= 11 is 1.69. The van der Waals surface area contributed by atoms with Gasteiger partial charge in [-0.3, -0.25) is 4.79 Å². The predicted molar refractivity (Wildman–Crippen MR) is 54.9 cm³/mol. The summed E-state index contributed by atoms with van der Waals surface area (Å²) in [6.45, 7) is 2.26. The first-order valence-corrected chi connectivity index (χ1v) is 5.83. The molecule has 0 saturated carbocycles. The van der Waals surface area contributed by atoms with Crippen molar-refractivity contribution in [1.82, 2.24) is 5.32 Å². The number of methoxy groups -OCH3 is 1. The van der Waals surface area contributed by atoms with Gasteiger partial charge in [-0.2, -0.15) is 0 Å². The minimum absolute atomic E-state index is 0.112. The van der Waals surface area contributed by atoms with E-state index in [4.69, 9.17) is 0 Å². The number of carbonyl (C=O) groups excluding carboxylic acids is 1. The molecule has 13 heavy (non-hydrogen) atoms. The van der Waals surface area contributed by atoms with Crippen LogP contribution >= 0.6 is 11.8 Å². The number of hydrogen-bond acceptors (Lipinski definition) is 4. The molecule has 0 amide bonds. The Bertz CT molecular complexity index is 158. The Kier molecular flexibility index (Phi) is 5.23. The van der Waals surface area contributed by atoms with E-state index in [1.165, 1.54) is 20.0 Å². The zero-order valence-corrected chi connectivity index (χ0v) is 8.86. The van der Waals surface area contributed by atoms with Crippen LogP contribution in [0.4, 0.5) is 0 Å².